The van der Waals surface area contributed by atoms with Crippen LogP contribution >= 0.6 is 0 Å². The van der Waals surface area contributed by atoms with E-state index in [1.54, 1.807) is 7.05 Å². The Morgan fingerprint density at radius 2 is 2.50 bits per heavy atom. The van der Waals surface area contributed by atoms with E-state index in [0.29, 0.717) is 0 Å². The summed E-state index contributed by atoms with van der Waals surface area (Å²) in [4.78, 5) is 11.4. The fourth-order valence-corrected chi connectivity index (χ4v) is 0.215. The summed E-state index contributed by atoms with van der Waals surface area (Å²) in [5.74, 6) is 2.27. The monoisotopic (exact) mass is 112 g/mol. The van der Waals surface area contributed by atoms with Crippen LogP contribution in [0.1, 0.15) is 0 Å². The molecule has 0 aromatic heterocycles. The number of primary amides is 1. The molecule has 8 heavy (non-hydrogen) atoms. The minimum Gasteiger partial charge on any atom is -0.351 e. The van der Waals surface area contributed by atoms with Gasteiger partial charge in [-0.1, -0.05) is 5.92 Å². The predicted molar refractivity (Wildman–Crippen MR) is 31.0 cm³/mol. The van der Waals surface area contributed by atoms with E-state index in [1.165, 1.54) is 4.90 Å². The number of terminal acetylenes is 1. The summed E-state index contributed by atoms with van der Waals surface area (Å²) in [6.45, 7) is 0.273. The van der Waals surface area contributed by atoms with Crippen molar-refractivity contribution in [1.82, 2.24) is 4.90 Å². The van der Waals surface area contributed by atoms with E-state index in [9.17, 15) is 4.79 Å². The van der Waals surface area contributed by atoms with Crippen molar-refractivity contribution in [3.63, 3.8) is 0 Å². The van der Waals surface area contributed by atoms with Crippen LogP contribution in [0.4, 0.5) is 4.79 Å². The number of amides is 2. The molecule has 2 amide bonds. The number of nitrogens with zero attached hydrogens (tertiary/aromatic N) is 1. The third-order valence-electron chi connectivity index (χ3n) is 0.705. The van der Waals surface area contributed by atoms with Gasteiger partial charge >= 0.3 is 6.03 Å². The first-order chi connectivity index (χ1) is 3.68. The summed E-state index contributed by atoms with van der Waals surface area (Å²) >= 11 is 0. The standard InChI is InChI=1S/C5H8N2O/c1-3-4-7(2)5(6)8/h1H,4H2,2H3,(H2,6,8). The lowest BCUT2D eigenvalue weighted by molar-refractivity contribution is 0.223. The van der Waals surface area contributed by atoms with Crippen LogP contribution < -0.4 is 5.73 Å². The van der Waals surface area contributed by atoms with Crippen LogP contribution in [0.25, 0.3) is 0 Å². The molecule has 0 aliphatic heterocycles. The molecule has 0 unspecified atom stereocenters. The second-order valence-electron chi connectivity index (χ2n) is 1.40. The van der Waals surface area contributed by atoms with E-state index in [-0.39, 0.29) is 6.54 Å². The molecule has 0 aromatic rings. The Balaban J connectivity index is 3.52. The summed E-state index contributed by atoms with van der Waals surface area (Å²) in [5, 5.41) is 0. The zero-order valence-corrected chi connectivity index (χ0v) is 4.72. The lowest BCUT2D eigenvalue weighted by Crippen LogP contribution is -2.32. The van der Waals surface area contributed by atoms with Crippen molar-refractivity contribution >= 4 is 6.03 Å². The number of rotatable bonds is 1. The number of nitrogens with two attached hydrogens (primary N) is 1. The van der Waals surface area contributed by atoms with E-state index in [4.69, 9.17) is 12.2 Å². The Labute approximate surface area is 48.5 Å². The highest BCUT2D eigenvalue weighted by Gasteiger charge is 1.96. The molecule has 0 saturated carbocycles. The van der Waals surface area contributed by atoms with Gasteiger partial charge in [0.05, 0.1) is 6.54 Å². The first-order valence-corrected chi connectivity index (χ1v) is 2.12. The predicted octanol–water partition coefficient (Wildman–Crippen LogP) is -0.370. The molecule has 3 heteroatoms. The summed E-state index contributed by atoms with van der Waals surface area (Å²) < 4.78 is 0. The van der Waals surface area contributed by atoms with Gasteiger partial charge in [-0.2, -0.15) is 0 Å². The molecule has 0 atom stereocenters. The van der Waals surface area contributed by atoms with Crippen molar-refractivity contribution < 1.29 is 4.79 Å². The normalized spacial score (nSPS) is 7.50. The third-order valence-corrected chi connectivity index (χ3v) is 0.705. The maximum absolute atomic E-state index is 10.1. The molecule has 0 aromatic carbocycles. The maximum atomic E-state index is 10.1. The largest absolute Gasteiger partial charge is 0.351 e. The van der Waals surface area contributed by atoms with Gasteiger partial charge in [0.15, 0.2) is 0 Å². The van der Waals surface area contributed by atoms with Crippen LogP contribution in [0, 0.1) is 12.3 Å². The molecule has 0 heterocycles. The minimum atomic E-state index is -0.497. The van der Waals surface area contributed by atoms with Gasteiger partial charge in [-0.3, -0.25) is 0 Å². The first-order valence-electron chi connectivity index (χ1n) is 2.12. The summed E-state index contributed by atoms with van der Waals surface area (Å²) in [6.07, 6.45) is 4.87. The average Bonchev–Trinajstić information content (AvgIpc) is 1.67. The molecule has 2 N–H and O–H groups in total. The van der Waals surface area contributed by atoms with Gasteiger partial charge in [0.2, 0.25) is 0 Å². The van der Waals surface area contributed by atoms with Gasteiger partial charge in [0.25, 0.3) is 0 Å². The van der Waals surface area contributed by atoms with Crippen molar-refractivity contribution in [3.8, 4) is 12.3 Å². The quantitative estimate of drug-likeness (QED) is 0.462. The molecule has 0 bridgehead atoms. The van der Waals surface area contributed by atoms with Crippen LogP contribution in [-0.4, -0.2) is 24.5 Å². The second kappa shape index (κ2) is 2.92. The first kappa shape index (κ1) is 6.83. The van der Waals surface area contributed by atoms with Gasteiger partial charge in [-0.25, -0.2) is 4.79 Å². The summed E-state index contributed by atoms with van der Waals surface area (Å²) in [5.41, 5.74) is 4.81. The Morgan fingerprint density at radius 3 is 2.62 bits per heavy atom. The molecule has 0 radical (unpaired) electrons. The van der Waals surface area contributed by atoms with E-state index in [2.05, 4.69) is 5.92 Å². The summed E-state index contributed by atoms with van der Waals surface area (Å²) in [7, 11) is 1.54. The number of carbonyl (C=O) groups excluding carboxylic acids is 1. The van der Waals surface area contributed by atoms with E-state index in [0.717, 1.165) is 0 Å². The molecule has 44 valence electrons. The van der Waals surface area contributed by atoms with Crippen LogP contribution in [0.15, 0.2) is 0 Å². The zero-order chi connectivity index (χ0) is 6.57. The molecule has 0 spiro atoms. The number of hydrogen-bond donors (Lipinski definition) is 1. The minimum absolute atomic E-state index is 0.273. The average molecular weight is 112 g/mol. The second-order valence-corrected chi connectivity index (χ2v) is 1.40. The summed E-state index contributed by atoms with van der Waals surface area (Å²) in [6, 6.07) is -0.497. The van der Waals surface area contributed by atoms with Crippen molar-refractivity contribution in [3.05, 3.63) is 0 Å². The molecule has 3 nitrogen and oxygen atoms in total. The SMILES string of the molecule is C#CCN(C)C(N)=O. The molecule has 0 saturated heterocycles. The molecule has 0 fully saturated rings. The Bertz CT molecular complexity index is 125. The maximum Gasteiger partial charge on any atom is 0.315 e. The Hall–Kier alpha value is -1.17. The number of hydrogen-bond acceptors (Lipinski definition) is 1. The highest BCUT2D eigenvalue weighted by molar-refractivity contribution is 5.71. The van der Waals surface area contributed by atoms with E-state index < -0.39 is 6.03 Å². The number of urea groups is 1. The third kappa shape index (κ3) is 2.08. The van der Waals surface area contributed by atoms with Crippen molar-refractivity contribution in [2.45, 2.75) is 0 Å². The molecular weight excluding hydrogens is 104 g/mol. The van der Waals surface area contributed by atoms with Crippen LogP contribution in [0.2, 0.25) is 0 Å². The zero-order valence-electron chi connectivity index (χ0n) is 4.72. The van der Waals surface area contributed by atoms with Gasteiger partial charge in [-0.15, -0.1) is 6.42 Å². The molecule has 0 rings (SSSR count). The van der Waals surface area contributed by atoms with Crippen molar-refractivity contribution in [1.29, 1.82) is 0 Å². The van der Waals surface area contributed by atoms with E-state index >= 15 is 0 Å². The number of carbonyl (C=O) groups is 1. The smallest absolute Gasteiger partial charge is 0.315 e. The van der Waals surface area contributed by atoms with Crippen molar-refractivity contribution in [2.24, 2.45) is 5.73 Å². The van der Waals surface area contributed by atoms with Gasteiger partial charge in [0.1, 0.15) is 0 Å². The van der Waals surface area contributed by atoms with Gasteiger partial charge < -0.3 is 10.6 Å². The highest BCUT2D eigenvalue weighted by Crippen LogP contribution is 1.75. The fraction of sp³-hybridized carbons (Fsp3) is 0.400. The molecule has 0 aliphatic rings. The Kier molecular flexibility index (Phi) is 2.49. The van der Waals surface area contributed by atoms with Crippen molar-refractivity contribution in [2.75, 3.05) is 13.6 Å². The highest BCUT2D eigenvalue weighted by atomic mass is 16.2. The lowest BCUT2D eigenvalue weighted by Gasteiger charge is -2.07. The van der Waals surface area contributed by atoms with Crippen LogP contribution in [0.5, 0.6) is 0 Å². The molecular formula is C5H8N2O. The van der Waals surface area contributed by atoms with Crippen LogP contribution in [0.3, 0.4) is 0 Å². The van der Waals surface area contributed by atoms with E-state index in [1.807, 2.05) is 0 Å². The Morgan fingerprint density at radius 1 is 2.00 bits per heavy atom. The topological polar surface area (TPSA) is 46.3 Å². The van der Waals surface area contributed by atoms with Gasteiger partial charge in [0, 0.05) is 7.05 Å². The van der Waals surface area contributed by atoms with Gasteiger partial charge in [-0.05, 0) is 0 Å². The van der Waals surface area contributed by atoms with Crippen LogP contribution in [-0.2, 0) is 0 Å². The lowest BCUT2D eigenvalue weighted by atomic mass is 10.6. The molecule has 0 aliphatic carbocycles. The fourth-order valence-electron chi connectivity index (χ4n) is 0.215.